The van der Waals surface area contributed by atoms with Crippen LogP contribution in [0.2, 0.25) is 0 Å². The van der Waals surface area contributed by atoms with Crippen molar-refractivity contribution in [2.45, 2.75) is 51.7 Å². The molecule has 32 heavy (non-hydrogen) atoms. The van der Waals surface area contributed by atoms with Gasteiger partial charge in [0.1, 0.15) is 0 Å². The summed E-state index contributed by atoms with van der Waals surface area (Å²) in [5.74, 6) is 0.980. The first kappa shape index (κ1) is 20.7. The third-order valence-corrected chi connectivity index (χ3v) is 6.57. The van der Waals surface area contributed by atoms with Crippen LogP contribution < -0.4 is 9.47 Å². The van der Waals surface area contributed by atoms with Gasteiger partial charge in [0.05, 0.1) is 0 Å². The van der Waals surface area contributed by atoms with Gasteiger partial charge in [-0.3, -0.25) is 0 Å². The van der Waals surface area contributed by atoms with E-state index in [-0.39, 0.29) is 0 Å². The van der Waals surface area contributed by atoms with Crippen molar-refractivity contribution < 1.29 is 9.47 Å². The molecule has 0 amide bonds. The van der Waals surface area contributed by atoms with Crippen LogP contribution in [0.3, 0.4) is 0 Å². The van der Waals surface area contributed by atoms with Crippen molar-refractivity contribution in [2.75, 3.05) is 0 Å². The van der Waals surface area contributed by atoms with E-state index in [1.54, 1.807) is 0 Å². The first-order valence-corrected chi connectivity index (χ1v) is 11.7. The summed E-state index contributed by atoms with van der Waals surface area (Å²) in [6.45, 7) is 4.31. The summed E-state index contributed by atoms with van der Waals surface area (Å²) in [5.41, 5.74) is 6.27. The van der Waals surface area contributed by atoms with E-state index in [0.29, 0.717) is 0 Å². The van der Waals surface area contributed by atoms with Gasteiger partial charge in [-0.05, 0) is 55.5 Å². The van der Waals surface area contributed by atoms with Crippen LogP contribution in [-0.4, -0.2) is 4.57 Å². The predicted molar refractivity (Wildman–Crippen MR) is 130 cm³/mol. The maximum atomic E-state index is 6.56. The van der Waals surface area contributed by atoms with Gasteiger partial charge in [0, 0.05) is 36.1 Å². The van der Waals surface area contributed by atoms with Gasteiger partial charge in [0.25, 0.3) is 5.79 Å². The van der Waals surface area contributed by atoms with Crippen molar-refractivity contribution in [1.29, 1.82) is 0 Å². The Hall–Kier alpha value is -3.20. The molecule has 1 aromatic heterocycles. The zero-order valence-corrected chi connectivity index (χ0v) is 19.2. The molecule has 164 valence electrons. The topological polar surface area (TPSA) is 23.4 Å². The predicted octanol–water partition coefficient (Wildman–Crippen LogP) is 7.09. The molecule has 0 radical (unpaired) electrons. The molecule has 5 rings (SSSR count). The van der Waals surface area contributed by atoms with Gasteiger partial charge in [0.15, 0.2) is 11.5 Å². The largest absolute Gasteiger partial charge is 0.444 e. The Kier molecular flexibility index (Phi) is 5.42. The van der Waals surface area contributed by atoms with Crippen LogP contribution in [-0.2, 0) is 25.7 Å². The lowest BCUT2D eigenvalue weighted by atomic mass is 9.98. The van der Waals surface area contributed by atoms with Gasteiger partial charge < -0.3 is 14.0 Å². The second-order valence-electron chi connectivity index (χ2n) is 8.99. The minimum absolute atomic E-state index is 0.722. The lowest BCUT2D eigenvalue weighted by molar-refractivity contribution is -0.0944. The molecule has 2 heterocycles. The molecular formula is C29H31NO2. The summed E-state index contributed by atoms with van der Waals surface area (Å²) in [6, 6.07) is 23.6. The Morgan fingerprint density at radius 2 is 1.66 bits per heavy atom. The molecule has 0 spiro atoms. The van der Waals surface area contributed by atoms with E-state index in [4.69, 9.17) is 9.47 Å². The molecule has 0 fully saturated rings. The van der Waals surface area contributed by atoms with Gasteiger partial charge in [-0.2, -0.15) is 0 Å². The number of unbranched alkanes of at least 4 members (excludes halogenated alkanes) is 1. The second kappa shape index (κ2) is 8.38. The van der Waals surface area contributed by atoms with Gasteiger partial charge in [0.2, 0.25) is 0 Å². The zero-order chi connectivity index (χ0) is 22.1. The fraction of sp³-hybridized carbons (Fsp3) is 0.310. The highest BCUT2D eigenvalue weighted by atomic mass is 16.7. The Labute approximate surface area is 190 Å². The summed E-state index contributed by atoms with van der Waals surface area (Å²) >= 11 is 0. The number of aromatic nitrogens is 1. The van der Waals surface area contributed by atoms with Crippen molar-refractivity contribution in [3.63, 3.8) is 0 Å². The average molecular weight is 426 g/mol. The van der Waals surface area contributed by atoms with Crippen LogP contribution >= 0.6 is 0 Å². The number of para-hydroxylation sites is 1. The Balaban J connectivity index is 1.38. The third-order valence-electron chi connectivity index (χ3n) is 6.57. The quantitative estimate of drug-likeness (QED) is 0.316. The molecule has 0 bridgehead atoms. The molecular weight excluding hydrogens is 394 g/mol. The van der Waals surface area contributed by atoms with Crippen LogP contribution in [0.25, 0.3) is 10.9 Å². The highest BCUT2D eigenvalue weighted by Gasteiger charge is 2.42. The molecule has 0 saturated carbocycles. The van der Waals surface area contributed by atoms with E-state index in [1.807, 2.05) is 0 Å². The maximum absolute atomic E-state index is 6.56. The van der Waals surface area contributed by atoms with Crippen molar-refractivity contribution in [2.24, 2.45) is 7.05 Å². The van der Waals surface area contributed by atoms with Gasteiger partial charge in [-0.25, -0.2) is 0 Å². The fourth-order valence-electron chi connectivity index (χ4n) is 4.73. The smallest absolute Gasteiger partial charge is 0.278 e. The normalized spacial score (nSPS) is 17.2. The summed E-state index contributed by atoms with van der Waals surface area (Å²) in [6.07, 6.45) is 7.22. The standard InChI is InChI=1S/C29H31NO2/c1-4-5-18-29(24-15-10-21(2)11-16-24)31-27-17-13-22(19-28(27)32-29)12-14-23-20-30(3)26-9-7-6-8-25(23)26/h6-11,13,15-17,19-20H,4-5,12,14,18H2,1-3H3. The zero-order valence-electron chi connectivity index (χ0n) is 19.2. The van der Waals surface area contributed by atoms with Crippen molar-refractivity contribution in [3.8, 4) is 11.5 Å². The Morgan fingerprint density at radius 3 is 2.47 bits per heavy atom. The maximum Gasteiger partial charge on any atom is 0.278 e. The number of ether oxygens (including phenoxy) is 2. The number of fused-ring (bicyclic) bond motifs is 2. The van der Waals surface area contributed by atoms with E-state index in [2.05, 4.69) is 98.4 Å². The third kappa shape index (κ3) is 3.77. The molecule has 1 aliphatic rings. The molecule has 0 N–H and O–H groups in total. The molecule has 4 aromatic rings. The summed E-state index contributed by atoms with van der Waals surface area (Å²) < 4.78 is 15.3. The highest BCUT2D eigenvalue weighted by Crippen LogP contribution is 2.47. The van der Waals surface area contributed by atoms with E-state index in [1.165, 1.54) is 27.6 Å². The number of hydrogen-bond acceptors (Lipinski definition) is 2. The summed E-state index contributed by atoms with van der Waals surface area (Å²) in [7, 11) is 2.12. The molecule has 3 nitrogen and oxygen atoms in total. The second-order valence-corrected chi connectivity index (χ2v) is 8.99. The van der Waals surface area contributed by atoms with Crippen molar-refractivity contribution in [1.82, 2.24) is 4.57 Å². The first-order valence-electron chi connectivity index (χ1n) is 11.7. The van der Waals surface area contributed by atoms with Crippen LogP contribution in [0.4, 0.5) is 0 Å². The number of aryl methyl sites for hydroxylation is 4. The molecule has 1 unspecified atom stereocenters. The lowest BCUT2D eigenvalue weighted by Crippen LogP contribution is -2.35. The number of rotatable bonds is 7. The van der Waals surface area contributed by atoms with E-state index >= 15 is 0 Å². The number of hydrogen-bond donors (Lipinski definition) is 0. The summed E-state index contributed by atoms with van der Waals surface area (Å²) in [4.78, 5) is 0. The molecule has 1 aliphatic heterocycles. The van der Waals surface area contributed by atoms with E-state index in [0.717, 1.165) is 49.2 Å². The monoisotopic (exact) mass is 425 g/mol. The minimum Gasteiger partial charge on any atom is -0.444 e. The Morgan fingerprint density at radius 1 is 0.875 bits per heavy atom. The molecule has 0 aliphatic carbocycles. The molecule has 3 heteroatoms. The van der Waals surface area contributed by atoms with E-state index in [9.17, 15) is 0 Å². The van der Waals surface area contributed by atoms with Gasteiger partial charge >= 0.3 is 0 Å². The fourth-order valence-corrected chi connectivity index (χ4v) is 4.73. The highest BCUT2D eigenvalue weighted by molar-refractivity contribution is 5.83. The minimum atomic E-state index is -0.722. The summed E-state index contributed by atoms with van der Waals surface area (Å²) in [5, 5.41) is 1.34. The lowest BCUT2D eigenvalue weighted by Gasteiger charge is -2.28. The molecule has 3 aromatic carbocycles. The first-order chi connectivity index (χ1) is 15.6. The van der Waals surface area contributed by atoms with E-state index < -0.39 is 5.79 Å². The molecule has 0 saturated heterocycles. The van der Waals surface area contributed by atoms with Gasteiger partial charge in [-0.1, -0.05) is 67.4 Å². The number of benzene rings is 3. The molecule has 1 atom stereocenters. The number of nitrogens with zero attached hydrogens (tertiary/aromatic N) is 1. The van der Waals surface area contributed by atoms with Crippen molar-refractivity contribution >= 4 is 10.9 Å². The van der Waals surface area contributed by atoms with Crippen LogP contribution in [0.15, 0.2) is 72.9 Å². The van der Waals surface area contributed by atoms with Gasteiger partial charge in [-0.15, -0.1) is 0 Å². The van der Waals surface area contributed by atoms with Crippen LogP contribution in [0, 0.1) is 6.92 Å². The SMILES string of the molecule is CCCCC1(c2ccc(C)cc2)Oc2ccc(CCc3cn(C)c4ccccc34)cc2O1. The van der Waals surface area contributed by atoms with Crippen molar-refractivity contribution in [3.05, 3.63) is 95.2 Å². The van der Waals surface area contributed by atoms with Crippen LogP contribution in [0.1, 0.15) is 48.4 Å². The van der Waals surface area contributed by atoms with Crippen LogP contribution in [0.5, 0.6) is 11.5 Å². The average Bonchev–Trinajstić information content (AvgIpc) is 3.34. The Bertz CT molecular complexity index is 1240.